The molecule has 1 heterocycles. The van der Waals surface area contributed by atoms with Crippen LogP contribution in [0.4, 0.5) is 10.5 Å². The lowest BCUT2D eigenvalue weighted by atomic mass is 10.1. The first-order valence-electron chi connectivity index (χ1n) is 9.79. The molecule has 7 heteroatoms. The Morgan fingerprint density at radius 2 is 1.70 bits per heavy atom. The van der Waals surface area contributed by atoms with Crippen LogP contribution in [0.25, 0.3) is 0 Å². The van der Waals surface area contributed by atoms with Crippen LogP contribution in [0.1, 0.15) is 56.6 Å². The van der Waals surface area contributed by atoms with E-state index in [0.717, 1.165) is 5.56 Å². The maximum Gasteiger partial charge on any atom is 0.413 e. The fourth-order valence-corrected chi connectivity index (χ4v) is 3.42. The molecule has 3 rings (SSSR count). The van der Waals surface area contributed by atoms with E-state index in [1.54, 1.807) is 29.2 Å². The summed E-state index contributed by atoms with van der Waals surface area (Å²) < 4.78 is 11.4. The highest BCUT2D eigenvalue weighted by Gasteiger charge is 2.46. The minimum absolute atomic E-state index is 0.222. The van der Waals surface area contributed by atoms with Gasteiger partial charge < -0.3 is 14.8 Å². The van der Waals surface area contributed by atoms with E-state index in [9.17, 15) is 9.59 Å². The largest absolute Gasteiger partial charge is 0.444 e. The number of rotatable bonds is 3. The van der Waals surface area contributed by atoms with E-state index < -0.39 is 17.4 Å². The highest BCUT2D eigenvalue weighted by molar-refractivity contribution is 6.30. The van der Waals surface area contributed by atoms with Gasteiger partial charge in [-0.25, -0.2) is 4.79 Å². The SMILES string of the molecule is CC(C)(C)OC(=O)N1[C@@H](c2ccc(NC(=O)c3ccc(Cl)cc3)cc2)COC1(C)C. The number of amides is 2. The van der Waals surface area contributed by atoms with Gasteiger partial charge in [-0.05, 0) is 76.6 Å². The maximum absolute atomic E-state index is 12.8. The van der Waals surface area contributed by atoms with E-state index in [0.29, 0.717) is 22.9 Å². The van der Waals surface area contributed by atoms with Crippen LogP contribution in [-0.4, -0.2) is 34.8 Å². The Morgan fingerprint density at radius 1 is 1.10 bits per heavy atom. The summed E-state index contributed by atoms with van der Waals surface area (Å²) in [7, 11) is 0. The van der Waals surface area contributed by atoms with Crippen molar-refractivity contribution in [3.05, 3.63) is 64.7 Å². The topological polar surface area (TPSA) is 67.9 Å². The lowest BCUT2D eigenvalue weighted by molar-refractivity contribution is -0.0626. The standard InChI is InChI=1S/C23H27ClN2O4/c1-22(2,3)30-21(28)26-19(14-29-23(26,4)5)15-8-12-18(13-9-15)25-20(27)16-6-10-17(24)11-7-16/h6-13,19H,14H2,1-5H3,(H,25,27)/t19-/m1/s1. The first kappa shape index (κ1) is 22.1. The lowest BCUT2D eigenvalue weighted by Gasteiger charge is -2.35. The van der Waals surface area contributed by atoms with E-state index in [1.165, 1.54) is 0 Å². The number of hydrogen-bond donors (Lipinski definition) is 1. The number of hydrogen-bond acceptors (Lipinski definition) is 4. The maximum atomic E-state index is 12.8. The molecule has 0 saturated carbocycles. The number of carbonyl (C=O) groups is 2. The molecule has 1 saturated heterocycles. The smallest absolute Gasteiger partial charge is 0.413 e. The Kier molecular flexibility index (Phi) is 6.11. The third-order valence-electron chi connectivity index (χ3n) is 4.74. The van der Waals surface area contributed by atoms with Crippen molar-refractivity contribution < 1.29 is 19.1 Å². The Balaban J connectivity index is 1.75. The summed E-state index contributed by atoms with van der Waals surface area (Å²) in [6.45, 7) is 9.56. The highest BCUT2D eigenvalue weighted by Crippen LogP contribution is 2.38. The molecule has 2 amide bonds. The van der Waals surface area contributed by atoms with Crippen LogP contribution in [0.3, 0.4) is 0 Å². The average molecular weight is 431 g/mol. The summed E-state index contributed by atoms with van der Waals surface area (Å²) >= 11 is 5.87. The Labute approximate surface area is 182 Å². The number of carbonyl (C=O) groups excluding carboxylic acids is 2. The summed E-state index contributed by atoms with van der Waals surface area (Å²) in [4.78, 5) is 26.8. The molecule has 160 valence electrons. The summed E-state index contributed by atoms with van der Waals surface area (Å²) in [6, 6.07) is 13.8. The van der Waals surface area contributed by atoms with Crippen LogP contribution in [-0.2, 0) is 9.47 Å². The minimum Gasteiger partial charge on any atom is -0.444 e. The second-order valence-electron chi connectivity index (χ2n) is 8.71. The first-order chi connectivity index (χ1) is 14.0. The zero-order valence-electron chi connectivity index (χ0n) is 17.9. The molecule has 1 N–H and O–H groups in total. The molecular weight excluding hydrogens is 404 g/mol. The Hall–Kier alpha value is -2.57. The fourth-order valence-electron chi connectivity index (χ4n) is 3.30. The zero-order valence-corrected chi connectivity index (χ0v) is 18.6. The highest BCUT2D eigenvalue weighted by atomic mass is 35.5. The molecule has 0 unspecified atom stereocenters. The van der Waals surface area contributed by atoms with Gasteiger partial charge >= 0.3 is 6.09 Å². The normalized spacial score (nSPS) is 18.2. The van der Waals surface area contributed by atoms with Gasteiger partial charge in [0.25, 0.3) is 5.91 Å². The molecule has 0 aliphatic carbocycles. The van der Waals surface area contributed by atoms with Gasteiger partial charge in [-0.1, -0.05) is 23.7 Å². The molecule has 1 atom stereocenters. The summed E-state index contributed by atoms with van der Waals surface area (Å²) in [5, 5.41) is 3.43. The molecule has 0 radical (unpaired) electrons. The molecule has 0 spiro atoms. The van der Waals surface area contributed by atoms with Gasteiger partial charge in [0, 0.05) is 16.3 Å². The van der Waals surface area contributed by atoms with E-state index >= 15 is 0 Å². The van der Waals surface area contributed by atoms with Crippen LogP contribution in [0, 0.1) is 0 Å². The van der Waals surface area contributed by atoms with Crippen LogP contribution in [0.15, 0.2) is 48.5 Å². The van der Waals surface area contributed by atoms with Crippen LogP contribution < -0.4 is 5.32 Å². The van der Waals surface area contributed by atoms with Crippen molar-refractivity contribution in [1.29, 1.82) is 0 Å². The fraction of sp³-hybridized carbons (Fsp3) is 0.391. The van der Waals surface area contributed by atoms with Gasteiger partial charge in [-0.15, -0.1) is 0 Å². The van der Waals surface area contributed by atoms with E-state index in [2.05, 4.69) is 5.32 Å². The van der Waals surface area contributed by atoms with Crippen molar-refractivity contribution in [3.63, 3.8) is 0 Å². The predicted octanol–water partition coefficient (Wildman–Crippen LogP) is 5.64. The number of benzene rings is 2. The molecule has 0 bridgehead atoms. The van der Waals surface area contributed by atoms with Crippen molar-refractivity contribution >= 4 is 29.3 Å². The molecule has 2 aromatic carbocycles. The van der Waals surface area contributed by atoms with Gasteiger partial charge in [-0.3, -0.25) is 9.69 Å². The number of nitrogens with one attached hydrogen (secondary N) is 1. The van der Waals surface area contributed by atoms with Crippen molar-refractivity contribution in [3.8, 4) is 0 Å². The second kappa shape index (κ2) is 8.28. The molecule has 2 aromatic rings. The van der Waals surface area contributed by atoms with Gasteiger partial charge in [0.2, 0.25) is 0 Å². The van der Waals surface area contributed by atoms with E-state index in [1.807, 2.05) is 58.9 Å². The Bertz CT molecular complexity index is 918. The first-order valence-corrected chi connectivity index (χ1v) is 10.2. The van der Waals surface area contributed by atoms with Gasteiger partial charge in [-0.2, -0.15) is 0 Å². The molecule has 0 aromatic heterocycles. The summed E-state index contributed by atoms with van der Waals surface area (Å²) in [5.41, 5.74) is 0.687. The number of halogens is 1. The monoisotopic (exact) mass is 430 g/mol. The van der Waals surface area contributed by atoms with Crippen molar-refractivity contribution in [2.45, 2.75) is 52.0 Å². The van der Waals surface area contributed by atoms with Crippen molar-refractivity contribution in [2.75, 3.05) is 11.9 Å². The van der Waals surface area contributed by atoms with Crippen LogP contribution in [0.5, 0.6) is 0 Å². The third kappa shape index (κ3) is 5.12. The number of nitrogens with zero attached hydrogens (tertiary/aromatic N) is 1. The van der Waals surface area contributed by atoms with Crippen molar-refractivity contribution in [2.24, 2.45) is 0 Å². The van der Waals surface area contributed by atoms with Crippen molar-refractivity contribution in [1.82, 2.24) is 4.90 Å². The molecule has 1 aliphatic rings. The van der Waals surface area contributed by atoms with Crippen LogP contribution >= 0.6 is 11.6 Å². The summed E-state index contributed by atoms with van der Waals surface area (Å²) in [6.07, 6.45) is -0.421. The van der Waals surface area contributed by atoms with E-state index in [-0.39, 0.29) is 11.9 Å². The average Bonchev–Trinajstić information content (AvgIpc) is 2.96. The van der Waals surface area contributed by atoms with Crippen LogP contribution in [0.2, 0.25) is 5.02 Å². The predicted molar refractivity (Wildman–Crippen MR) is 117 cm³/mol. The molecule has 1 fully saturated rings. The quantitative estimate of drug-likeness (QED) is 0.684. The second-order valence-corrected chi connectivity index (χ2v) is 9.14. The molecule has 6 nitrogen and oxygen atoms in total. The van der Waals surface area contributed by atoms with Gasteiger partial charge in [0.05, 0.1) is 12.6 Å². The lowest BCUT2D eigenvalue weighted by Crippen LogP contribution is -2.47. The van der Waals surface area contributed by atoms with Gasteiger partial charge in [0.1, 0.15) is 11.3 Å². The van der Waals surface area contributed by atoms with E-state index in [4.69, 9.17) is 21.1 Å². The number of anilines is 1. The summed E-state index contributed by atoms with van der Waals surface area (Å²) in [5.74, 6) is -0.222. The zero-order chi connectivity index (χ0) is 22.1. The van der Waals surface area contributed by atoms with Gasteiger partial charge in [0.15, 0.2) is 0 Å². The Morgan fingerprint density at radius 3 is 2.27 bits per heavy atom. The minimum atomic E-state index is -0.783. The molecule has 30 heavy (non-hydrogen) atoms. The molecule has 1 aliphatic heterocycles. The molecular formula is C23H27ClN2O4. The number of ether oxygens (including phenoxy) is 2. The third-order valence-corrected chi connectivity index (χ3v) is 4.99.